The third-order valence-electron chi connectivity index (χ3n) is 4.22. The molecule has 1 aliphatic heterocycles. The lowest BCUT2D eigenvalue weighted by Crippen LogP contribution is -2.45. The van der Waals surface area contributed by atoms with Crippen molar-refractivity contribution < 1.29 is 17.9 Å². The minimum atomic E-state index is -3.89. The van der Waals surface area contributed by atoms with Crippen LogP contribution in [0.2, 0.25) is 0 Å². The van der Waals surface area contributed by atoms with Crippen molar-refractivity contribution in [1.29, 1.82) is 0 Å². The van der Waals surface area contributed by atoms with Crippen molar-refractivity contribution in [2.75, 3.05) is 20.2 Å². The van der Waals surface area contributed by atoms with Crippen molar-refractivity contribution in [3.63, 3.8) is 0 Å². The number of hydrogen-bond acceptors (Lipinski definition) is 5. The maximum absolute atomic E-state index is 12.8. The van der Waals surface area contributed by atoms with Crippen LogP contribution in [0.15, 0.2) is 23.1 Å². The van der Waals surface area contributed by atoms with Gasteiger partial charge in [0.2, 0.25) is 10.0 Å². The van der Waals surface area contributed by atoms with Gasteiger partial charge in [0.05, 0.1) is 17.6 Å². The average molecular weight is 341 g/mol. The number of amides is 1. The highest BCUT2D eigenvalue weighted by molar-refractivity contribution is 7.89. The smallest absolute Gasteiger partial charge is 0.257 e. The maximum atomic E-state index is 12.8. The number of nitrogens with zero attached hydrogens (tertiary/aromatic N) is 1. The minimum absolute atomic E-state index is 0.00301. The molecule has 2 unspecified atom stereocenters. The van der Waals surface area contributed by atoms with E-state index in [2.05, 4.69) is 0 Å². The summed E-state index contributed by atoms with van der Waals surface area (Å²) >= 11 is 0. The molecule has 1 fully saturated rings. The Morgan fingerprint density at radius 1 is 1.43 bits per heavy atom. The van der Waals surface area contributed by atoms with Crippen molar-refractivity contribution in [3.8, 4) is 5.75 Å². The number of nitrogens with two attached hydrogens (primary N) is 2. The molecule has 0 aromatic heterocycles. The Hall–Kier alpha value is -1.64. The maximum Gasteiger partial charge on any atom is 0.257 e. The lowest BCUT2D eigenvalue weighted by Gasteiger charge is -2.35. The summed E-state index contributed by atoms with van der Waals surface area (Å²) in [7, 11) is -2.45. The molecule has 23 heavy (non-hydrogen) atoms. The highest BCUT2D eigenvalue weighted by atomic mass is 32.2. The van der Waals surface area contributed by atoms with Crippen LogP contribution in [-0.4, -0.2) is 45.5 Å². The number of methoxy groups -OCH3 is 1. The fraction of sp³-hybridized carbons (Fsp3) is 0.533. The van der Waals surface area contributed by atoms with E-state index in [1.165, 1.54) is 25.3 Å². The number of primary sulfonamides is 1. The van der Waals surface area contributed by atoms with Crippen LogP contribution >= 0.6 is 0 Å². The number of sulfonamides is 1. The number of piperidine rings is 1. The van der Waals surface area contributed by atoms with E-state index in [9.17, 15) is 13.2 Å². The Balaban J connectivity index is 2.34. The highest BCUT2D eigenvalue weighted by Gasteiger charge is 2.28. The predicted octanol–water partition coefficient (Wildman–Crippen LogP) is 0.542. The van der Waals surface area contributed by atoms with E-state index in [-0.39, 0.29) is 28.3 Å². The molecule has 1 aliphatic rings. The van der Waals surface area contributed by atoms with Crippen LogP contribution in [0.1, 0.15) is 30.1 Å². The number of carbonyl (C=O) groups excluding carboxylic acids is 1. The summed E-state index contributed by atoms with van der Waals surface area (Å²) in [5.74, 6) is 0.295. The quantitative estimate of drug-likeness (QED) is 0.829. The van der Waals surface area contributed by atoms with E-state index < -0.39 is 10.0 Å². The van der Waals surface area contributed by atoms with Gasteiger partial charge in [-0.2, -0.15) is 0 Å². The molecule has 2 rings (SSSR count). The van der Waals surface area contributed by atoms with Crippen molar-refractivity contribution in [3.05, 3.63) is 23.8 Å². The lowest BCUT2D eigenvalue weighted by atomic mass is 9.92. The minimum Gasteiger partial charge on any atom is -0.496 e. The Kier molecular flexibility index (Phi) is 5.28. The van der Waals surface area contributed by atoms with Gasteiger partial charge in [0.15, 0.2) is 0 Å². The molecule has 4 N–H and O–H groups in total. The molecule has 0 bridgehead atoms. The van der Waals surface area contributed by atoms with Crippen LogP contribution in [0.5, 0.6) is 5.75 Å². The Morgan fingerprint density at radius 3 is 2.70 bits per heavy atom. The molecule has 1 saturated heterocycles. The zero-order valence-corrected chi connectivity index (χ0v) is 14.2. The van der Waals surface area contributed by atoms with Gasteiger partial charge >= 0.3 is 0 Å². The van der Waals surface area contributed by atoms with Crippen molar-refractivity contribution in [2.24, 2.45) is 16.8 Å². The Labute approximate surface area is 136 Å². The highest BCUT2D eigenvalue weighted by Crippen LogP contribution is 2.26. The second-order valence-electron chi connectivity index (χ2n) is 5.92. The molecular weight excluding hydrogens is 318 g/mol. The zero-order valence-electron chi connectivity index (χ0n) is 13.4. The van der Waals surface area contributed by atoms with Crippen molar-refractivity contribution in [2.45, 2.75) is 30.7 Å². The summed E-state index contributed by atoms with van der Waals surface area (Å²) in [6.07, 6.45) is 1.85. The van der Waals surface area contributed by atoms with Crippen molar-refractivity contribution in [1.82, 2.24) is 4.90 Å². The van der Waals surface area contributed by atoms with Gasteiger partial charge in [0.1, 0.15) is 5.75 Å². The molecule has 128 valence electrons. The largest absolute Gasteiger partial charge is 0.496 e. The predicted molar refractivity (Wildman–Crippen MR) is 86.6 cm³/mol. The standard InChI is InChI=1S/C15H23N3O4S/c1-10(16)11-4-3-7-18(9-11)15(19)13-8-12(23(17,20)21)5-6-14(13)22-2/h5-6,8,10-11H,3-4,7,9,16H2,1-2H3,(H2,17,20,21). The molecule has 0 spiro atoms. The summed E-state index contributed by atoms with van der Waals surface area (Å²) in [6.45, 7) is 3.10. The van der Waals surface area contributed by atoms with Crippen LogP contribution in [0, 0.1) is 5.92 Å². The summed E-state index contributed by atoms with van der Waals surface area (Å²) in [5.41, 5.74) is 6.15. The van der Waals surface area contributed by atoms with Gasteiger partial charge in [-0.1, -0.05) is 0 Å². The fourth-order valence-corrected chi connectivity index (χ4v) is 3.36. The summed E-state index contributed by atoms with van der Waals surface area (Å²) < 4.78 is 28.2. The third kappa shape index (κ3) is 4.01. The molecule has 1 amide bonds. The molecule has 0 saturated carbocycles. The lowest BCUT2D eigenvalue weighted by molar-refractivity contribution is 0.0657. The molecule has 0 aliphatic carbocycles. The van der Waals surface area contributed by atoms with Crippen molar-refractivity contribution >= 4 is 15.9 Å². The first-order chi connectivity index (χ1) is 10.7. The summed E-state index contributed by atoms with van der Waals surface area (Å²) in [5, 5.41) is 5.15. The van der Waals surface area contributed by atoms with Gasteiger partial charge in [0, 0.05) is 19.1 Å². The normalized spacial score (nSPS) is 20.2. The van der Waals surface area contributed by atoms with Gasteiger partial charge in [0.25, 0.3) is 5.91 Å². The Morgan fingerprint density at radius 2 is 2.13 bits per heavy atom. The topological polar surface area (TPSA) is 116 Å². The van der Waals surface area contributed by atoms with E-state index in [1.807, 2.05) is 6.92 Å². The molecule has 8 heteroatoms. The van der Waals surface area contributed by atoms with Crippen LogP contribution in [-0.2, 0) is 10.0 Å². The summed E-state index contributed by atoms with van der Waals surface area (Å²) in [4.78, 5) is 14.4. The second kappa shape index (κ2) is 6.86. The van der Waals surface area contributed by atoms with Gasteiger partial charge in [-0.3, -0.25) is 4.79 Å². The van der Waals surface area contributed by atoms with Gasteiger partial charge in [-0.05, 0) is 43.9 Å². The van der Waals surface area contributed by atoms with Crippen LogP contribution in [0.25, 0.3) is 0 Å². The molecule has 7 nitrogen and oxygen atoms in total. The number of ether oxygens (including phenoxy) is 1. The number of hydrogen-bond donors (Lipinski definition) is 2. The van der Waals surface area contributed by atoms with Crippen LogP contribution in [0.4, 0.5) is 0 Å². The van der Waals surface area contributed by atoms with Gasteiger partial charge in [-0.25, -0.2) is 13.6 Å². The number of carbonyl (C=O) groups is 1. The van der Waals surface area contributed by atoms with Crippen LogP contribution < -0.4 is 15.6 Å². The molecule has 1 aromatic rings. The molecule has 0 radical (unpaired) electrons. The molecule has 1 aromatic carbocycles. The average Bonchev–Trinajstić information content (AvgIpc) is 2.52. The first-order valence-corrected chi connectivity index (χ1v) is 9.04. The molecule has 1 heterocycles. The molecule has 2 atom stereocenters. The monoisotopic (exact) mass is 341 g/mol. The third-order valence-corrected chi connectivity index (χ3v) is 5.13. The Bertz CT molecular complexity index is 688. The number of benzene rings is 1. The van der Waals surface area contributed by atoms with E-state index in [4.69, 9.17) is 15.6 Å². The fourth-order valence-electron chi connectivity index (χ4n) is 2.83. The SMILES string of the molecule is COc1ccc(S(N)(=O)=O)cc1C(=O)N1CCCC(C(C)N)C1. The van der Waals surface area contributed by atoms with E-state index >= 15 is 0 Å². The van der Waals surface area contributed by atoms with Gasteiger partial charge < -0.3 is 15.4 Å². The van der Waals surface area contributed by atoms with Gasteiger partial charge in [-0.15, -0.1) is 0 Å². The van der Waals surface area contributed by atoms with Crippen LogP contribution in [0.3, 0.4) is 0 Å². The summed E-state index contributed by atoms with van der Waals surface area (Å²) in [6, 6.07) is 4.04. The number of likely N-dealkylation sites (tertiary alicyclic amines) is 1. The van der Waals surface area contributed by atoms with E-state index in [0.717, 1.165) is 12.8 Å². The first kappa shape index (κ1) is 17.7. The number of rotatable bonds is 4. The zero-order chi connectivity index (χ0) is 17.2. The second-order valence-corrected chi connectivity index (χ2v) is 7.48. The van der Waals surface area contributed by atoms with E-state index in [1.54, 1.807) is 4.90 Å². The van der Waals surface area contributed by atoms with E-state index in [0.29, 0.717) is 18.8 Å². The molecular formula is C15H23N3O4S. The first-order valence-electron chi connectivity index (χ1n) is 7.49.